The number of amides is 1. The average Bonchev–Trinajstić information content (AvgIpc) is 2.17. The third-order valence-electron chi connectivity index (χ3n) is 1.91. The minimum absolute atomic E-state index is 0.0501. The molecule has 0 aromatic carbocycles. The summed E-state index contributed by atoms with van der Waals surface area (Å²) < 4.78 is 11.0. The first-order chi connectivity index (χ1) is 6.97. The molecule has 7 heteroatoms. The van der Waals surface area contributed by atoms with Gasteiger partial charge >= 0.3 is 0 Å². The molecule has 0 saturated carbocycles. The third-order valence-corrected chi connectivity index (χ3v) is 3.28. The number of hydrogen-bond donors (Lipinski definition) is 3. The number of hydrogen-bond acceptors (Lipinski definition) is 4. The topological polar surface area (TPSA) is 105 Å². The van der Waals surface area contributed by atoms with Gasteiger partial charge in [0.1, 0.15) is 5.84 Å². The largest absolute Gasteiger partial charge is 0.409 e. The fourth-order valence-electron chi connectivity index (χ4n) is 0.843. The first-order valence-corrected chi connectivity index (χ1v) is 6.14. The minimum atomic E-state index is -0.877. The molecule has 2 atom stereocenters. The number of nitrogens with zero attached hydrogens (tertiary/aromatic N) is 1. The summed E-state index contributed by atoms with van der Waals surface area (Å²) in [5, 5.41) is 13.5. The Balaban J connectivity index is 3.69. The molecule has 0 aromatic rings. The van der Waals surface area contributed by atoms with Crippen LogP contribution < -0.4 is 11.1 Å². The predicted octanol–water partition coefficient (Wildman–Crippen LogP) is -0.604. The number of nitrogens with two attached hydrogens (primary N) is 1. The van der Waals surface area contributed by atoms with E-state index in [1.807, 2.05) is 6.92 Å². The van der Waals surface area contributed by atoms with Crippen LogP contribution in [0.1, 0.15) is 19.8 Å². The highest BCUT2D eigenvalue weighted by atomic mass is 32.2. The fourth-order valence-corrected chi connectivity index (χ4v) is 1.29. The maximum atomic E-state index is 11.1. The normalized spacial score (nSPS) is 15.7. The number of nitrogens with one attached hydrogen (secondary N) is 1. The monoisotopic (exact) mass is 235 g/mol. The van der Waals surface area contributed by atoms with Crippen molar-refractivity contribution in [3.63, 3.8) is 0 Å². The maximum Gasteiger partial charge on any atom is 0.227 e. The molecule has 1 amide bonds. The van der Waals surface area contributed by atoms with Crippen LogP contribution in [0.2, 0.25) is 0 Å². The highest BCUT2D eigenvalue weighted by Gasteiger charge is 2.08. The summed E-state index contributed by atoms with van der Waals surface area (Å²) >= 11 is 0. The molecule has 2 unspecified atom stereocenters. The standard InChI is InChI=1S/C8H17N3O3S/c1-6(15(2)14)3-4-10-8(12)5-7(9)11-13/h6,13H,3-5H2,1-2H3,(H2,9,11)(H,10,12). The van der Waals surface area contributed by atoms with Crippen LogP contribution in [-0.2, 0) is 15.6 Å². The lowest BCUT2D eigenvalue weighted by atomic mass is 10.3. The Morgan fingerprint density at radius 1 is 1.67 bits per heavy atom. The van der Waals surface area contributed by atoms with Gasteiger partial charge in [0, 0.05) is 28.9 Å². The molecular formula is C8H17N3O3S. The summed E-state index contributed by atoms with van der Waals surface area (Å²) in [5.41, 5.74) is 5.14. The average molecular weight is 235 g/mol. The first kappa shape index (κ1) is 13.9. The zero-order chi connectivity index (χ0) is 11.8. The van der Waals surface area contributed by atoms with Gasteiger partial charge in [0.15, 0.2) is 0 Å². The first-order valence-electron chi connectivity index (χ1n) is 4.52. The number of carbonyl (C=O) groups excluding carboxylic acids is 1. The van der Waals surface area contributed by atoms with Crippen molar-refractivity contribution in [3.05, 3.63) is 0 Å². The van der Waals surface area contributed by atoms with Crippen molar-refractivity contribution in [3.8, 4) is 0 Å². The van der Waals surface area contributed by atoms with Crippen molar-refractivity contribution in [2.45, 2.75) is 25.0 Å². The van der Waals surface area contributed by atoms with E-state index in [-0.39, 0.29) is 23.4 Å². The summed E-state index contributed by atoms with van der Waals surface area (Å²) in [6.07, 6.45) is 2.15. The van der Waals surface area contributed by atoms with E-state index in [4.69, 9.17) is 10.9 Å². The Morgan fingerprint density at radius 3 is 2.73 bits per heavy atom. The van der Waals surface area contributed by atoms with Gasteiger partial charge < -0.3 is 16.3 Å². The van der Waals surface area contributed by atoms with E-state index in [9.17, 15) is 9.00 Å². The summed E-state index contributed by atoms with van der Waals surface area (Å²) in [6.45, 7) is 2.30. The second kappa shape index (κ2) is 7.22. The van der Waals surface area contributed by atoms with E-state index in [0.29, 0.717) is 13.0 Å². The summed E-state index contributed by atoms with van der Waals surface area (Å²) in [5.74, 6) is -0.431. The molecule has 0 bridgehead atoms. The highest BCUT2D eigenvalue weighted by molar-refractivity contribution is 7.84. The maximum absolute atomic E-state index is 11.1. The molecule has 88 valence electrons. The van der Waals surface area contributed by atoms with Gasteiger partial charge in [0.05, 0.1) is 6.42 Å². The quantitative estimate of drug-likeness (QED) is 0.247. The zero-order valence-electron chi connectivity index (χ0n) is 8.90. The Labute approximate surface area is 91.4 Å². The summed E-state index contributed by atoms with van der Waals surface area (Å²) in [7, 11) is -0.877. The molecule has 0 heterocycles. The molecule has 0 fully saturated rings. The highest BCUT2D eigenvalue weighted by Crippen LogP contribution is 1.97. The molecule has 0 rings (SSSR count). The van der Waals surface area contributed by atoms with Crippen molar-refractivity contribution in [1.29, 1.82) is 0 Å². The van der Waals surface area contributed by atoms with E-state index in [2.05, 4.69) is 10.5 Å². The molecule has 0 saturated heterocycles. The van der Waals surface area contributed by atoms with Gasteiger partial charge in [0.2, 0.25) is 5.91 Å². The fraction of sp³-hybridized carbons (Fsp3) is 0.750. The molecule has 0 aliphatic rings. The lowest BCUT2D eigenvalue weighted by Gasteiger charge is -2.08. The minimum Gasteiger partial charge on any atom is -0.409 e. The molecule has 0 aliphatic heterocycles. The Kier molecular flexibility index (Phi) is 6.68. The zero-order valence-corrected chi connectivity index (χ0v) is 9.71. The van der Waals surface area contributed by atoms with E-state index >= 15 is 0 Å². The van der Waals surface area contributed by atoms with Gasteiger partial charge in [-0.2, -0.15) is 0 Å². The van der Waals surface area contributed by atoms with Crippen LogP contribution in [-0.4, -0.2) is 39.2 Å². The Hall–Kier alpha value is -1.11. The number of carbonyl (C=O) groups is 1. The summed E-state index contributed by atoms with van der Waals surface area (Å²) in [6, 6.07) is 0. The van der Waals surface area contributed by atoms with Crippen molar-refractivity contribution in [1.82, 2.24) is 5.32 Å². The molecule has 0 aromatic heterocycles. The van der Waals surface area contributed by atoms with Crippen molar-refractivity contribution in [2.24, 2.45) is 10.9 Å². The molecule has 0 spiro atoms. The SMILES string of the molecule is CC(CCNC(=O)CC(N)=NO)S(C)=O. The number of rotatable bonds is 6. The Morgan fingerprint density at radius 2 is 2.27 bits per heavy atom. The summed E-state index contributed by atoms with van der Waals surface area (Å²) in [4.78, 5) is 11.1. The molecule has 15 heavy (non-hydrogen) atoms. The van der Waals surface area contributed by atoms with Gasteiger partial charge in [-0.3, -0.25) is 9.00 Å². The van der Waals surface area contributed by atoms with Crippen molar-refractivity contribution < 1.29 is 14.2 Å². The van der Waals surface area contributed by atoms with E-state index in [0.717, 1.165) is 0 Å². The number of amidine groups is 1. The molecular weight excluding hydrogens is 218 g/mol. The van der Waals surface area contributed by atoms with Crippen LogP contribution in [0, 0.1) is 0 Å². The van der Waals surface area contributed by atoms with Crippen molar-refractivity contribution >= 4 is 22.5 Å². The molecule has 0 radical (unpaired) electrons. The lowest BCUT2D eigenvalue weighted by Crippen LogP contribution is -2.31. The number of oxime groups is 1. The lowest BCUT2D eigenvalue weighted by molar-refractivity contribution is -0.119. The van der Waals surface area contributed by atoms with Gasteiger partial charge in [-0.15, -0.1) is 0 Å². The van der Waals surface area contributed by atoms with Crippen LogP contribution in [0.4, 0.5) is 0 Å². The van der Waals surface area contributed by atoms with E-state index in [1.165, 1.54) is 0 Å². The second-order valence-electron chi connectivity index (χ2n) is 3.22. The van der Waals surface area contributed by atoms with Crippen molar-refractivity contribution in [2.75, 3.05) is 12.8 Å². The van der Waals surface area contributed by atoms with Gasteiger partial charge in [-0.1, -0.05) is 12.1 Å². The van der Waals surface area contributed by atoms with Crippen LogP contribution >= 0.6 is 0 Å². The predicted molar refractivity (Wildman–Crippen MR) is 59.2 cm³/mol. The van der Waals surface area contributed by atoms with Crippen LogP contribution in [0.25, 0.3) is 0 Å². The van der Waals surface area contributed by atoms with Crippen LogP contribution in [0.5, 0.6) is 0 Å². The third kappa shape index (κ3) is 6.89. The molecule has 6 nitrogen and oxygen atoms in total. The molecule has 0 aliphatic carbocycles. The van der Waals surface area contributed by atoms with E-state index in [1.54, 1.807) is 6.26 Å². The van der Waals surface area contributed by atoms with Crippen LogP contribution in [0.3, 0.4) is 0 Å². The smallest absolute Gasteiger partial charge is 0.227 e. The molecule has 4 N–H and O–H groups in total. The van der Waals surface area contributed by atoms with Gasteiger partial charge in [-0.05, 0) is 6.42 Å². The van der Waals surface area contributed by atoms with Gasteiger partial charge in [0.25, 0.3) is 0 Å². The van der Waals surface area contributed by atoms with Gasteiger partial charge in [-0.25, -0.2) is 0 Å². The Bertz CT molecular complexity index is 268. The second-order valence-corrected chi connectivity index (χ2v) is 5.02. The van der Waals surface area contributed by atoms with Crippen LogP contribution in [0.15, 0.2) is 5.16 Å². The van der Waals surface area contributed by atoms with E-state index < -0.39 is 10.8 Å².